The molecule has 0 aromatic heterocycles. The SMILES string of the molecule is CC(C)(C)c1ccccc1OCC(=O)Nc1cccc(N)c1. The average Bonchev–Trinajstić information content (AvgIpc) is 2.44. The van der Waals surface area contributed by atoms with Crippen LogP contribution in [0.5, 0.6) is 5.75 Å². The number of amides is 1. The molecular formula is C18H22N2O2. The summed E-state index contributed by atoms with van der Waals surface area (Å²) in [6.45, 7) is 6.30. The highest BCUT2D eigenvalue weighted by Crippen LogP contribution is 2.30. The van der Waals surface area contributed by atoms with E-state index < -0.39 is 0 Å². The molecule has 0 aliphatic carbocycles. The van der Waals surface area contributed by atoms with Gasteiger partial charge in [0.15, 0.2) is 6.61 Å². The predicted octanol–water partition coefficient (Wildman–Crippen LogP) is 3.58. The van der Waals surface area contributed by atoms with Crippen molar-refractivity contribution in [2.45, 2.75) is 26.2 Å². The Morgan fingerprint density at radius 2 is 1.86 bits per heavy atom. The number of carbonyl (C=O) groups excluding carboxylic acids is 1. The minimum Gasteiger partial charge on any atom is -0.483 e. The van der Waals surface area contributed by atoms with Crippen LogP contribution in [-0.4, -0.2) is 12.5 Å². The quantitative estimate of drug-likeness (QED) is 0.848. The molecule has 2 rings (SSSR count). The van der Waals surface area contributed by atoms with E-state index in [2.05, 4.69) is 26.1 Å². The van der Waals surface area contributed by atoms with Crippen molar-refractivity contribution in [1.82, 2.24) is 0 Å². The lowest BCUT2D eigenvalue weighted by Crippen LogP contribution is -2.22. The predicted molar refractivity (Wildman–Crippen MR) is 90.1 cm³/mol. The molecule has 0 unspecified atom stereocenters. The second-order valence-electron chi connectivity index (χ2n) is 6.21. The number of nitrogens with two attached hydrogens (primary N) is 1. The fraction of sp³-hybridized carbons (Fsp3) is 0.278. The third kappa shape index (κ3) is 4.25. The summed E-state index contributed by atoms with van der Waals surface area (Å²) in [5.41, 5.74) is 7.99. The molecule has 4 heteroatoms. The number of nitrogens with one attached hydrogen (secondary N) is 1. The van der Waals surface area contributed by atoms with Crippen molar-refractivity contribution in [2.75, 3.05) is 17.7 Å². The van der Waals surface area contributed by atoms with E-state index in [1.54, 1.807) is 24.3 Å². The van der Waals surface area contributed by atoms with Gasteiger partial charge in [-0.25, -0.2) is 0 Å². The van der Waals surface area contributed by atoms with E-state index in [0.717, 1.165) is 11.3 Å². The van der Waals surface area contributed by atoms with Crippen LogP contribution in [0.3, 0.4) is 0 Å². The van der Waals surface area contributed by atoms with E-state index in [0.29, 0.717) is 11.4 Å². The number of hydrogen-bond donors (Lipinski definition) is 2. The molecule has 116 valence electrons. The molecule has 0 saturated heterocycles. The van der Waals surface area contributed by atoms with Crippen molar-refractivity contribution in [2.24, 2.45) is 0 Å². The second kappa shape index (κ2) is 6.52. The van der Waals surface area contributed by atoms with E-state index in [1.807, 2.05) is 24.3 Å². The maximum Gasteiger partial charge on any atom is 0.262 e. The number of rotatable bonds is 4. The zero-order valence-corrected chi connectivity index (χ0v) is 13.2. The Hall–Kier alpha value is -2.49. The molecule has 0 aliphatic rings. The van der Waals surface area contributed by atoms with Crippen molar-refractivity contribution < 1.29 is 9.53 Å². The van der Waals surface area contributed by atoms with Crippen LogP contribution in [0.1, 0.15) is 26.3 Å². The van der Waals surface area contributed by atoms with Crippen LogP contribution in [-0.2, 0) is 10.2 Å². The molecule has 0 fully saturated rings. The maximum absolute atomic E-state index is 12.0. The number of carbonyl (C=O) groups is 1. The van der Waals surface area contributed by atoms with Crippen molar-refractivity contribution in [3.05, 3.63) is 54.1 Å². The van der Waals surface area contributed by atoms with Gasteiger partial charge in [0.25, 0.3) is 5.91 Å². The van der Waals surface area contributed by atoms with Gasteiger partial charge in [-0.1, -0.05) is 45.0 Å². The van der Waals surface area contributed by atoms with Crippen LogP contribution in [0.25, 0.3) is 0 Å². The van der Waals surface area contributed by atoms with Crippen molar-refractivity contribution >= 4 is 17.3 Å². The van der Waals surface area contributed by atoms with Gasteiger partial charge in [0.2, 0.25) is 0 Å². The summed E-state index contributed by atoms with van der Waals surface area (Å²) in [5, 5.41) is 2.77. The van der Waals surface area contributed by atoms with Crippen molar-refractivity contribution in [3.8, 4) is 5.75 Å². The van der Waals surface area contributed by atoms with Crippen LogP contribution in [0.2, 0.25) is 0 Å². The second-order valence-corrected chi connectivity index (χ2v) is 6.21. The van der Waals surface area contributed by atoms with Gasteiger partial charge in [-0.15, -0.1) is 0 Å². The standard InChI is InChI=1S/C18H22N2O2/c1-18(2,3)15-9-4-5-10-16(15)22-12-17(21)20-14-8-6-7-13(19)11-14/h4-11H,12,19H2,1-3H3,(H,20,21). The summed E-state index contributed by atoms with van der Waals surface area (Å²) in [7, 11) is 0. The Labute approximate surface area is 131 Å². The minimum atomic E-state index is -0.214. The summed E-state index contributed by atoms with van der Waals surface area (Å²) in [6, 6.07) is 14.8. The summed E-state index contributed by atoms with van der Waals surface area (Å²) in [4.78, 5) is 12.0. The maximum atomic E-state index is 12.0. The van der Waals surface area contributed by atoms with Gasteiger partial charge in [-0.2, -0.15) is 0 Å². The lowest BCUT2D eigenvalue weighted by molar-refractivity contribution is -0.118. The van der Waals surface area contributed by atoms with E-state index in [9.17, 15) is 4.79 Å². The smallest absolute Gasteiger partial charge is 0.262 e. The van der Waals surface area contributed by atoms with Crippen molar-refractivity contribution in [3.63, 3.8) is 0 Å². The summed E-state index contributed by atoms with van der Waals surface area (Å²) >= 11 is 0. The number of benzene rings is 2. The molecule has 0 bridgehead atoms. The first-order valence-corrected chi connectivity index (χ1v) is 7.24. The van der Waals surface area contributed by atoms with Crippen LogP contribution >= 0.6 is 0 Å². The van der Waals surface area contributed by atoms with Gasteiger partial charge in [0.05, 0.1) is 0 Å². The lowest BCUT2D eigenvalue weighted by atomic mass is 9.86. The Morgan fingerprint density at radius 3 is 2.55 bits per heavy atom. The number of nitrogen functional groups attached to an aromatic ring is 1. The molecule has 4 nitrogen and oxygen atoms in total. The highest BCUT2D eigenvalue weighted by Gasteiger charge is 2.18. The van der Waals surface area contributed by atoms with Crippen LogP contribution in [0.15, 0.2) is 48.5 Å². The Morgan fingerprint density at radius 1 is 1.14 bits per heavy atom. The summed E-state index contributed by atoms with van der Waals surface area (Å²) in [6.07, 6.45) is 0. The van der Waals surface area contributed by atoms with Gasteiger partial charge < -0.3 is 15.8 Å². The van der Waals surface area contributed by atoms with E-state index >= 15 is 0 Å². The van der Waals surface area contributed by atoms with Gasteiger partial charge >= 0.3 is 0 Å². The van der Waals surface area contributed by atoms with Gasteiger partial charge in [0, 0.05) is 11.4 Å². The molecule has 0 aliphatic heterocycles. The normalized spacial score (nSPS) is 11.0. The van der Waals surface area contributed by atoms with Crippen LogP contribution in [0.4, 0.5) is 11.4 Å². The summed E-state index contributed by atoms with van der Waals surface area (Å²) in [5.74, 6) is 0.520. The number of hydrogen-bond acceptors (Lipinski definition) is 3. The molecule has 0 heterocycles. The van der Waals surface area contributed by atoms with Gasteiger partial charge in [-0.3, -0.25) is 4.79 Å². The molecule has 1 amide bonds. The molecule has 0 saturated carbocycles. The third-order valence-corrected chi connectivity index (χ3v) is 3.22. The number of anilines is 2. The topological polar surface area (TPSA) is 64.3 Å². The van der Waals surface area contributed by atoms with E-state index in [4.69, 9.17) is 10.5 Å². The average molecular weight is 298 g/mol. The molecule has 22 heavy (non-hydrogen) atoms. The first-order valence-electron chi connectivity index (χ1n) is 7.24. The molecule has 0 spiro atoms. The van der Waals surface area contributed by atoms with E-state index in [1.165, 1.54) is 0 Å². The molecule has 2 aromatic carbocycles. The summed E-state index contributed by atoms with van der Waals surface area (Å²) < 4.78 is 5.68. The highest BCUT2D eigenvalue weighted by molar-refractivity contribution is 5.92. The molecular weight excluding hydrogens is 276 g/mol. The van der Waals surface area contributed by atoms with Crippen LogP contribution in [0, 0.1) is 0 Å². The van der Waals surface area contributed by atoms with Crippen molar-refractivity contribution in [1.29, 1.82) is 0 Å². The van der Waals surface area contributed by atoms with Gasteiger partial charge in [0.1, 0.15) is 5.75 Å². The lowest BCUT2D eigenvalue weighted by Gasteiger charge is -2.22. The Bertz CT molecular complexity index is 660. The fourth-order valence-corrected chi connectivity index (χ4v) is 2.17. The monoisotopic (exact) mass is 298 g/mol. The Kier molecular flexibility index (Phi) is 4.71. The van der Waals surface area contributed by atoms with E-state index in [-0.39, 0.29) is 17.9 Å². The van der Waals surface area contributed by atoms with Crippen LogP contribution < -0.4 is 15.8 Å². The highest BCUT2D eigenvalue weighted by atomic mass is 16.5. The number of ether oxygens (including phenoxy) is 1. The minimum absolute atomic E-state index is 0.0398. The third-order valence-electron chi connectivity index (χ3n) is 3.22. The molecule has 0 atom stereocenters. The first kappa shape index (κ1) is 15.9. The zero-order chi connectivity index (χ0) is 16.2. The zero-order valence-electron chi connectivity index (χ0n) is 13.2. The number of para-hydroxylation sites is 1. The largest absolute Gasteiger partial charge is 0.483 e. The first-order chi connectivity index (χ1) is 10.4. The molecule has 3 N–H and O–H groups in total. The van der Waals surface area contributed by atoms with Gasteiger partial charge in [-0.05, 0) is 35.2 Å². The Balaban J connectivity index is 2.00. The molecule has 2 aromatic rings. The molecule has 0 radical (unpaired) electrons. The fourth-order valence-electron chi connectivity index (χ4n) is 2.17.